The minimum Gasteiger partial charge on any atom is -0.331 e. The number of benzene rings is 1. The van der Waals surface area contributed by atoms with Crippen molar-refractivity contribution in [1.82, 2.24) is 15.7 Å². The Morgan fingerprint density at radius 2 is 1.91 bits per heavy atom. The molecular formula is C14H17N3O5S. The van der Waals surface area contributed by atoms with Gasteiger partial charge in [-0.2, -0.15) is 0 Å². The maximum Gasteiger partial charge on any atom is 0.348 e. The summed E-state index contributed by atoms with van der Waals surface area (Å²) in [5.74, 6) is -0.858. The lowest BCUT2D eigenvalue weighted by Crippen LogP contribution is -2.70. The van der Waals surface area contributed by atoms with Gasteiger partial charge in [-0.25, -0.2) is 13.2 Å². The third-order valence-electron chi connectivity index (χ3n) is 4.18. The number of hydroxylamine groups is 2. The van der Waals surface area contributed by atoms with E-state index in [1.807, 2.05) is 6.07 Å². The van der Waals surface area contributed by atoms with Gasteiger partial charge in [-0.3, -0.25) is 10.0 Å². The summed E-state index contributed by atoms with van der Waals surface area (Å²) >= 11 is 0. The SMILES string of the molecule is O=C1NC2CC(S(=O)(=O)Cc3ccccc3)CNC2C(=O)N1O. The first-order valence-corrected chi connectivity index (χ1v) is 8.92. The van der Waals surface area contributed by atoms with E-state index in [4.69, 9.17) is 0 Å². The number of nitrogens with one attached hydrogen (secondary N) is 2. The summed E-state index contributed by atoms with van der Waals surface area (Å²) in [5.41, 5.74) is 0.694. The lowest BCUT2D eigenvalue weighted by molar-refractivity contribution is -0.160. The molecule has 8 nitrogen and oxygen atoms in total. The standard InChI is InChI=1S/C14H17N3O5S/c18-13-12-11(16-14(19)17(13)20)6-10(7-15-12)23(21,22)8-9-4-2-1-3-5-9/h1-5,10-12,15,20H,6-8H2,(H,16,19). The van der Waals surface area contributed by atoms with E-state index in [0.29, 0.717) is 5.56 Å². The van der Waals surface area contributed by atoms with Crippen molar-refractivity contribution in [3.05, 3.63) is 35.9 Å². The second-order valence-electron chi connectivity index (χ2n) is 5.74. The highest BCUT2D eigenvalue weighted by atomic mass is 32.2. The highest BCUT2D eigenvalue weighted by Crippen LogP contribution is 2.22. The lowest BCUT2D eigenvalue weighted by Gasteiger charge is -2.40. The third kappa shape index (κ3) is 3.07. The van der Waals surface area contributed by atoms with Crippen molar-refractivity contribution in [3.8, 4) is 0 Å². The van der Waals surface area contributed by atoms with Gasteiger partial charge in [-0.15, -0.1) is 5.06 Å². The zero-order valence-corrected chi connectivity index (χ0v) is 13.0. The topological polar surface area (TPSA) is 116 Å². The fourth-order valence-corrected chi connectivity index (χ4v) is 4.70. The summed E-state index contributed by atoms with van der Waals surface area (Å²) in [7, 11) is -3.44. The fraction of sp³-hybridized carbons (Fsp3) is 0.429. The van der Waals surface area contributed by atoms with Crippen molar-refractivity contribution in [2.45, 2.75) is 29.5 Å². The van der Waals surface area contributed by atoms with E-state index in [9.17, 15) is 23.2 Å². The molecule has 3 N–H and O–H groups in total. The van der Waals surface area contributed by atoms with Crippen molar-refractivity contribution in [3.63, 3.8) is 0 Å². The Kier molecular flexibility index (Phi) is 4.09. The van der Waals surface area contributed by atoms with Gasteiger partial charge in [0.2, 0.25) is 0 Å². The van der Waals surface area contributed by atoms with Crippen molar-refractivity contribution >= 4 is 21.8 Å². The molecule has 2 heterocycles. The summed E-state index contributed by atoms with van der Waals surface area (Å²) < 4.78 is 25.1. The molecule has 0 aromatic heterocycles. The maximum absolute atomic E-state index is 12.6. The molecule has 9 heteroatoms. The van der Waals surface area contributed by atoms with Crippen LogP contribution < -0.4 is 10.6 Å². The Morgan fingerprint density at radius 1 is 1.22 bits per heavy atom. The van der Waals surface area contributed by atoms with Crippen LogP contribution in [0.2, 0.25) is 0 Å². The van der Waals surface area contributed by atoms with Crippen LogP contribution in [-0.2, 0) is 20.4 Å². The average molecular weight is 339 g/mol. The Hall–Kier alpha value is -1.97. The van der Waals surface area contributed by atoms with Crippen LogP contribution in [-0.4, -0.2) is 54.5 Å². The molecule has 2 aliphatic heterocycles. The predicted molar refractivity (Wildman–Crippen MR) is 80.2 cm³/mol. The second-order valence-corrected chi connectivity index (χ2v) is 8.02. The number of urea groups is 1. The largest absolute Gasteiger partial charge is 0.348 e. The molecule has 2 saturated heterocycles. The fourth-order valence-electron chi connectivity index (χ4n) is 2.95. The number of hydrogen-bond acceptors (Lipinski definition) is 6. The number of hydrogen-bond donors (Lipinski definition) is 3. The molecule has 124 valence electrons. The van der Waals surface area contributed by atoms with Crippen molar-refractivity contribution < 1.29 is 23.2 Å². The van der Waals surface area contributed by atoms with Crippen LogP contribution in [0.4, 0.5) is 4.79 Å². The molecule has 0 bridgehead atoms. The minimum atomic E-state index is -3.44. The van der Waals surface area contributed by atoms with Crippen LogP contribution in [0.5, 0.6) is 0 Å². The van der Waals surface area contributed by atoms with Crippen LogP contribution in [0, 0.1) is 0 Å². The molecule has 2 fully saturated rings. The quantitative estimate of drug-likeness (QED) is 0.648. The van der Waals surface area contributed by atoms with Gasteiger partial charge in [0, 0.05) is 6.54 Å². The van der Waals surface area contributed by atoms with Crippen LogP contribution >= 0.6 is 0 Å². The minimum absolute atomic E-state index is 0.0208. The van der Waals surface area contributed by atoms with Crippen molar-refractivity contribution in [2.75, 3.05) is 6.54 Å². The van der Waals surface area contributed by atoms with E-state index >= 15 is 0 Å². The Morgan fingerprint density at radius 3 is 2.61 bits per heavy atom. The number of nitrogens with zero attached hydrogens (tertiary/aromatic N) is 1. The Labute approximate surface area is 133 Å². The Balaban J connectivity index is 1.74. The average Bonchev–Trinajstić information content (AvgIpc) is 2.53. The highest BCUT2D eigenvalue weighted by molar-refractivity contribution is 7.91. The zero-order chi connectivity index (χ0) is 16.6. The first-order chi connectivity index (χ1) is 10.9. The number of rotatable bonds is 3. The number of amides is 3. The van der Waals surface area contributed by atoms with Crippen LogP contribution in [0.15, 0.2) is 30.3 Å². The van der Waals surface area contributed by atoms with Gasteiger partial charge in [-0.1, -0.05) is 30.3 Å². The maximum atomic E-state index is 12.6. The lowest BCUT2D eigenvalue weighted by atomic mass is 9.96. The first kappa shape index (κ1) is 15.9. The van der Waals surface area contributed by atoms with Crippen molar-refractivity contribution in [1.29, 1.82) is 0 Å². The second kappa shape index (κ2) is 5.91. The number of fused-ring (bicyclic) bond motifs is 1. The van der Waals surface area contributed by atoms with E-state index in [0.717, 1.165) is 0 Å². The molecule has 2 aliphatic rings. The van der Waals surface area contributed by atoms with Gasteiger partial charge < -0.3 is 10.6 Å². The summed E-state index contributed by atoms with van der Waals surface area (Å²) in [6, 6.07) is 6.46. The third-order valence-corrected chi connectivity index (χ3v) is 6.29. The molecule has 0 radical (unpaired) electrons. The number of carbonyl (C=O) groups is 2. The summed E-state index contributed by atoms with van der Waals surface area (Å²) in [6.07, 6.45) is 0.137. The van der Waals surface area contributed by atoms with Gasteiger partial charge >= 0.3 is 6.03 Å². The number of sulfone groups is 1. The van der Waals surface area contributed by atoms with Gasteiger partial charge in [0.15, 0.2) is 9.84 Å². The smallest absolute Gasteiger partial charge is 0.331 e. The molecule has 0 saturated carbocycles. The molecule has 23 heavy (non-hydrogen) atoms. The van der Waals surface area contributed by atoms with E-state index in [2.05, 4.69) is 10.6 Å². The van der Waals surface area contributed by atoms with E-state index in [1.165, 1.54) is 0 Å². The zero-order valence-electron chi connectivity index (χ0n) is 12.2. The molecule has 0 aliphatic carbocycles. The first-order valence-electron chi connectivity index (χ1n) is 7.21. The van der Waals surface area contributed by atoms with Gasteiger partial charge in [0.25, 0.3) is 5.91 Å². The van der Waals surface area contributed by atoms with Crippen LogP contribution in [0.25, 0.3) is 0 Å². The molecule has 3 atom stereocenters. The number of piperidine rings is 1. The molecule has 0 spiro atoms. The van der Waals surface area contributed by atoms with Crippen molar-refractivity contribution in [2.24, 2.45) is 0 Å². The molecule has 1 aromatic rings. The van der Waals surface area contributed by atoms with Gasteiger partial charge in [0.05, 0.1) is 17.0 Å². The summed E-state index contributed by atoms with van der Waals surface area (Å²) in [6.45, 7) is 0.103. The van der Waals surface area contributed by atoms with E-state index < -0.39 is 39.1 Å². The van der Waals surface area contributed by atoms with Gasteiger partial charge in [0.1, 0.15) is 6.04 Å². The van der Waals surface area contributed by atoms with E-state index in [1.54, 1.807) is 24.3 Å². The normalized spacial score (nSPS) is 28.2. The molecule has 3 amide bonds. The molecule has 3 rings (SSSR count). The molecule has 3 unspecified atom stereocenters. The monoisotopic (exact) mass is 339 g/mol. The predicted octanol–water partition coefficient (Wildman–Crippen LogP) is -0.358. The summed E-state index contributed by atoms with van der Waals surface area (Å²) in [4.78, 5) is 23.3. The Bertz CT molecular complexity index is 721. The number of carbonyl (C=O) groups excluding carboxylic acids is 2. The van der Waals surface area contributed by atoms with E-state index in [-0.39, 0.29) is 23.8 Å². The molecular weight excluding hydrogens is 322 g/mol. The van der Waals surface area contributed by atoms with Gasteiger partial charge in [-0.05, 0) is 12.0 Å². The summed E-state index contributed by atoms with van der Waals surface area (Å²) in [5, 5.41) is 13.9. The van der Waals surface area contributed by atoms with Crippen LogP contribution in [0.1, 0.15) is 12.0 Å². The number of imide groups is 1. The highest BCUT2D eigenvalue weighted by Gasteiger charge is 2.46. The van der Waals surface area contributed by atoms with Crippen LogP contribution in [0.3, 0.4) is 0 Å². The molecule has 1 aromatic carbocycles.